The Hall–Kier alpha value is -1.86. The summed E-state index contributed by atoms with van der Waals surface area (Å²) < 4.78 is 0. The van der Waals surface area contributed by atoms with Gasteiger partial charge in [0, 0.05) is 29.4 Å². The molecule has 2 aromatic rings. The number of benzene rings is 2. The highest BCUT2D eigenvalue weighted by molar-refractivity contribution is 7.48. The highest BCUT2D eigenvalue weighted by Gasteiger charge is 2.34. The van der Waals surface area contributed by atoms with Crippen LogP contribution in [-0.2, 0) is 16.0 Å². The summed E-state index contributed by atoms with van der Waals surface area (Å²) >= 11 is 0. The molecule has 4 heteroatoms. The summed E-state index contributed by atoms with van der Waals surface area (Å²) in [5, 5.41) is 19.9. The predicted octanol–water partition coefficient (Wildman–Crippen LogP) is 7.83. The van der Waals surface area contributed by atoms with E-state index in [2.05, 4.69) is 103 Å². The Balaban J connectivity index is 2.07. The standard InChI is InChI=1S/C31H47N2OP/c1-9-17-31(8,26-21-24(29(2,3)4)20-25(28(26)34)30(5,6)7)35-27-16-12-11-15-23(27)22-32-33-18-13-10-14-19-33/h11-12,15-16,20-22,34-35H,9-10,13-14,17-19H2,1-8H3/b32-22+. The molecule has 0 saturated carbocycles. The quantitative estimate of drug-likeness (QED) is 0.314. The van der Waals surface area contributed by atoms with Crippen molar-refractivity contribution >= 4 is 20.1 Å². The molecule has 0 aromatic heterocycles. The van der Waals surface area contributed by atoms with Crippen molar-refractivity contribution in [1.82, 2.24) is 5.01 Å². The summed E-state index contributed by atoms with van der Waals surface area (Å²) in [6.45, 7) is 20.1. The number of hydrogen-bond acceptors (Lipinski definition) is 3. The van der Waals surface area contributed by atoms with Crippen molar-refractivity contribution in [2.45, 2.75) is 103 Å². The van der Waals surface area contributed by atoms with Gasteiger partial charge < -0.3 is 5.11 Å². The van der Waals surface area contributed by atoms with Gasteiger partial charge in [-0.05, 0) is 52.9 Å². The minimum absolute atomic E-state index is 0.0116. The van der Waals surface area contributed by atoms with Gasteiger partial charge in [0.1, 0.15) is 5.75 Å². The molecular weight excluding hydrogens is 447 g/mol. The average Bonchev–Trinajstić information content (AvgIpc) is 2.78. The first-order valence-corrected chi connectivity index (χ1v) is 14.4. The van der Waals surface area contributed by atoms with E-state index in [1.165, 1.54) is 35.7 Å². The highest BCUT2D eigenvalue weighted by atomic mass is 31.1. The molecule has 2 atom stereocenters. The number of phenols is 1. The Morgan fingerprint density at radius 2 is 1.54 bits per heavy atom. The van der Waals surface area contributed by atoms with Crippen molar-refractivity contribution in [1.29, 1.82) is 0 Å². The molecule has 2 unspecified atom stereocenters. The second-order valence-electron chi connectivity index (χ2n) is 12.5. The van der Waals surface area contributed by atoms with Crippen LogP contribution in [0.25, 0.3) is 0 Å². The first-order valence-electron chi connectivity index (χ1n) is 13.4. The second kappa shape index (κ2) is 11.0. The third kappa shape index (κ3) is 6.88. The topological polar surface area (TPSA) is 35.8 Å². The van der Waals surface area contributed by atoms with Crippen LogP contribution in [-0.4, -0.2) is 29.4 Å². The van der Waals surface area contributed by atoms with Gasteiger partial charge in [0.25, 0.3) is 0 Å². The Bertz CT molecular complexity index is 1030. The van der Waals surface area contributed by atoms with E-state index in [0.717, 1.165) is 37.1 Å². The van der Waals surface area contributed by atoms with Crippen LogP contribution in [0.4, 0.5) is 0 Å². The fraction of sp³-hybridized carbons (Fsp3) is 0.581. The molecule has 0 bridgehead atoms. The van der Waals surface area contributed by atoms with Crippen LogP contribution in [0.2, 0.25) is 0 Å². The molecule has 1 aliphatic rings. The summed E-state index contributed by atoms with van der Waals surface area (Å²) in [6.07, 6.45) is 7.92. The first kappa shape index (κ1) is 27.7. The van der Waals surface area contributed by atoms with Gasteiger partial charge in [-0.2, -0.15) is 5.10 Å². The van der Waals surface area contributed by atoms with Crippen LogP contribution in [0, 0.1) is 0 Å². The number of rotatable bonds is 7. The molecule has 1 aliphatic heterocycles. The summed E-state index contributed by atoms with van der Waals surface area (Å²) in [6, 6.07) is 13.2. The highest BCUT2D eigenvalue weighted by Crippen LogP contribution is 2.51. The van der Waals surface area contributed by atoms with E-state index in [1.54, 1.807) is 0 Å². The maximum Gasteiger partial charge on any atom is 0.123 e. The molecule has 1 saturated heterocycles. The predicted molar refractivity (Wildman–Crippen MR) is 155 cm³/mol. The Kier molecular flexibility index (Phi) is 8.74. The second-order valence-corrected chi connectivity index (χ2v) is 14.4. The monoisotopic (exact) mass is 494 g/mol. The molecule has 0 aliphatic carbocycles. The molecule has 0 amide bonds. The number of phenolic OH excluding ortho intramolecular Hbond substituents is 1. The third-order valence-corrected chi connectivity index (χ3v) is 8.99. The molecule has 0 radical (unpaired) electrons. The van der Waals surface area contributed by atoms with Crippen molar-refractivity contribution in [3.63, 3.8) is 0 Å². The van der Waals surface area contributed by atoms with Crippen molar-refractivity contribution in [3.8, 4) is 5.75 Å². The molecule has 1 N–H and O–H groups in total. The summed E-state index contributed by atoms with van der Waals surface area (Å²) in [4.78, 5) is 0. The van der Waals surface area contributed by atoms with E-state index in [-0.39, 0.29) is 16.0 Å². The van der Waals surface area contributed by atoms with E-state index in [4.69, 9.17) is 5.10 Å². The summed E-state index contributed by atoms with van der Waals surface area (Å²) in [5.41, 5.74) is 4.51. The van der Waals surface area contributed by atoms with Gasteiger partial charge in [0.15, 0.2) is 0 Å². The van der Waals surface area contributed by atoms with E-state index in [9.17, 15) is 5.11 Å². The maximum absolute atomic E-state index is 11.7. The fourth-order valence-electron chi connectivity index (χ4n) is 4.98. The number of nitrogens with zero attached hydrogens (tertiary/aromatic N) is 2. The minimum atomic E-state index is -0.158. The average molecular weight is 495 g/mol. The number of aromatic hydroxyl groups is 1. The van der Waals surface area contributed by atoms with Crippen molar-refractivity contribution < 1.29 is 5.11 Å². The summed E-state index contributed by atoms with van der Waals surface area (Å²) in [7, 11) is 0.537. The number of hydrogen-bond donors (Lipinski definition) is 1. The van der Waals surface area contributed by atoms with E-state index in [0.29, 0.717) is 14.3 Å². The molecule has 3 rings (SSSR count). The molecular formula is C31H47N2OP. The zero-order valence-corrected chi connectivity index (χ0v) is 24.3. The van der Waals surface area contributed by atoms with Crippen LogP contribution in [0.5, 0.6) is 5.75 Å². The lowest BCUT2D eigenvalue weighted by Gasteiger charge is -2.35. The van der Waals surface area contributed by atoms with Crippen LogP contribution in [0.3, 0.4) is 0 Å². The SMILES string of the molecule is CCCC(C)(Pc1ccccc1/C=N/N1CCCCC1)c1cc(C(C)(C)C)cc(C(C)(C)C)c1O. The van der Waals surface area contributed by atoms with Gasteiger partial charge in [-0.15, -0.1) is 0 Å². The smallest absolute Gasteiger partial charge is 0.123 e. The van der Waals surface area contributed by atoms with Gasteiger partial charge >= 0.3 is 0 Å². The van der Waals surface area contributed by atoms with E-state index in [1.807, 2.05) is 0 Å². The lowest BCUT2D eigenvalue weighted by atomic mass is 9.77. The maximum atomic E-state index is 11.7. The molecule has 35 heavy (non-hydrogen) atoms. The molecule has 3 nitrogen and oxygen atoms in total. The molecule has 0 spiro atoms. The molecule has 2 aromatic carbocycles. The van der Waals surface area contributed by atoms with Gasteiger partial charge in [-0.1, -0.05) is 107 Å². The van der Waals surface area contributed by atoms with Crippen molar-refractivity contribution in [3.05, 3.63) is 58.7 Å². The van der Waals surface area contributed by atoms with Crippen molar-refractivity contribution in [2.75, 3.05) is 13.1 Å². The summed E-state index contributed by atoms with van der Waals surface area (Å²) in [5.74, 6) is 0.480. The van der Waals surface area contributed by atoms with Crippen molar-refractivity contribution in [2.24, 2.45) is 5.10 Å². The fourth-order valence-corrected chi connectivity index (χ4v) is 6.75. The van der Waals surface area contributed by atoms with E-state index >= 15 is 0 Å². The lowest BCUT2D eigenvalue weighted by Crippen LogP contribution is -2.26. The van der Waals surface area contributed by atoms with Crippen LogP contribution in [0.15, 0.2) is 41.5 Å². The Morgan fingerprint density at radius 1 is 0.914 bits per heavy atom. The van der Waals surface area contributed by atoms with Crippen LogP contribution >= 0.6 is 8.58 Å². The van der Waals surface area contributed by atoms with Gasteiger partial charge in [0.2, 0.25) is 0 Å². The normalized spacial score (nSPS) is 17.4. The van der Waals surface area contributed by atoms with Crippen LogP contribution in [0.1, 0.15) is 110 Å². The van der Waals surface area contributed by atoms with Gasteiger partial charge in [0.05, 0.1) is 6.21 Å². The van der Waals surface area contributed by atoms with Gasteiger partial charge in [-0.25, -0.2) is 0 Å². The van der Waals surface area contributed by atoms with E-state index < -0.39 is 0 Å². The number of hydrazone groups is 1. The Morgan fingerprint density at radius 3 is 2.14 bits per heavy atom. The minimum Gasteiger partial charge on any atom is -0.507 e. The van der Waals surface area contributed by atoms with Gasteiger partial charge in [-0.3, -0.25) is 5.01 Å². The third-order valence-electron chi connectivity index (χ3n) is 7.19. The molecule has 192 valence electrons. The lowest BCUT2D eigenvalue weighted by molar-refractivity contribution is 0.240. The largest absolute Gasteiger partial charge is 0.507 e. The zero-order valence-electron chi connectivity index (χ0n) is 23.3. The zero-order chi connectivity index (χ0) is 25.9. The number of piperidine rings is 1. The Labute approximate surface area is 216 Å². The molecule has 1 fully saturated rings. The van der Waals surface area contributed by atoms with Crippen LogP contribution < -0.4 is 5.30 Å². The molecule has 1 heterocycles. The first-order chi connectivity index (χ1) is 16.3.